The van der Waals surface area contributed by atoms with E-state index in [2.05, 4.69) is 26.1 Å². The highest BCUT2D eigenvalue weighted by Crippen LogP contribution is 2.21. The monoisotopic (exact) mass is 450 g/mol. The summed E-state index contributed by atoms with van der Waals surface area (Å²) >= 11 is 3.20. The minimum atomic E-state index is -0.509. The quantitative estimate of drug-likeness (QED) is 0.701. The van der Waals surface area contributed by atoms with Gasteiger partial charge in [0.05, 0.1) is 19.3 Å². The Labute approximate surface area is 172 Å². The molecule has 28 heavy (non-hydrogen) atoms. The van der Waals surface area contributed by atoms with Gasteiger partial charge < -0.3 is 14.8 Å². The van der Waals surface area contributed by atoms with Crippen LogP contribution in [0.4, 0.5) is 4.39 Å². The minimum Gasteiger partial charge on any atom is -0.481 e. The van der Waals surface area contributed by atoms with Crippen molar-refractivity contribution in [3.05, 3.63) is 63.9 Å². The topological polar surface area (TPSA) is 50.8 Å². The second-order valence-electron chi connectivity index (χ2n) is 6.81. The number of nitrogens with zero attached hydrogens (tertiary/aromatic N) is 1. The Morgan fingerprint density at radius 1 is 1.25 bits per heavy atom. The summed E-state index contributed by atoms with van der Waals surface area (Å²) in [4.78, 5) is 14.7. The Balaban J connectivity index is 1.63. The third kappa shape index (κ3) is 6.02. The molecule has 1 amide bonds. The van der Waals surface area contributed by atoms with Gasteiger partial charge in [-0.3, -0.25) is 9.69 Å². The molecular formula is C21H24BrFN2O3. The SMILES string of the molecule is Cc1ccc([C@H](CN2CCOCC2)NC(=O)COc2ccc(Br)cc2F)cc1. The predicted molar refractivity (Wildman–Crippen MR) is 109 cm³/mol. The van der Waals surface area contributed by atoms with Crippen molar-refractivity contribution in [2.45, 2.75) is 13.0 Å². The third-order valence-electron chi connectivity index (χ3n) is 4.61. The Bertz CT molecular complexity index is 795. The summed E-state index contributed by atoms with van der Waals surface area (Å²) < 4.78 is 25.2. The summed E-state index contributed by atoms with van der Waals surface area (Å²) in [7, 11) is 0. The number of aryl methyl sites for hydroxylation is 1. The number of rotatable bonds is 7. The second-order valence-corrected chi connectivity index (χ2v) is 7.72. The number of ether oxygens (including phenoxy) is 2. The molecule has 0 aromatic heterocycles. The van der Waals surface area contributed by atoms with Gasteiger partial charge in [-0.2, -0.15) is 0 Å². The van der Waals surface area contributed by atoms with Crippen molar-refractivity contribution < 1.29 is 18.7 Å². The lowest BCUT2D eigenvalue weighted by molar-refractivity contribution is -0.124. The molecule has 1 aliphatic rings. The van der Waals surface area contributed by atoms with Gasteiger partial charge in [0.1, 0.15) is 0 Å². The van der Waals surface area contributed by atoms with Crippen molar-refractivity contribution in [1.29, 1.82) is 0 Å². The van der Waals surface area contributed by atoms with Crippen LogP contribution in [-0.4, -0.2) is 50.3 Å². The van der Waals surface area contributed by atoms with Crippen molar-refractivity contribution in [3.8, 4) is 5.75 Å². The number of hydrogen-bond acceptors (Lipinski definition) is 4. The molecule has 0 spiro atoms. The molecule has 1 fully saturated rings. The van der Waals surface area contributed by atoms with Gasteiger partial charge in [-0.25, -0.2) is 4.39 Å². The summed E-state index contributed by atoms with van der Waals surface area (Å²) in [5, 5.41) is 3.02. The summed E-state index contributed by atoms with van der Waals surface area (Å²) in [5.41, 5.74) is 2.19. The van der Waals surface area contributed by atoms with Crippen LogP contribution in [0.2, 0.25) is 0 Å². The van der Waals surface area contributed by atoms with Gasteiger partial charge in [-0.05, 0) is 30.7 Å². The first kappa shape index (κ1) is 20.8. The fourth-order valence-corrected chi connectivity index (χ4v) is 3.38. The van der Waals surface area contributed by atoms with E-state index in [0.717, 1.165) is 24.2 Å². The van der Waals surface area contributed by atoms with Crippen molar-refractivity contribution in [2.75, 3.05) is 39.5 Å². The largest absolute Gasteiger partial charge is 0.481 e. The van der Waals surface area contributed by atoms with E-state index in [4.69, 9.17) is 9.47 Å². The molecule has 1 saturated heterocycles. The van der Waals surface area contributed by atoms with Crippen LogP contribution in [0.5, 0.6) is 5.75 Å². The zero-order chi connectivity index (χ0) is 19.9. The number of amides is 1. The van der Waals surface area contributed by atoms with Crippen molar-refractivity contribution >= 4 is 21.8 Å². The molecule has 1 aliphatic heterocycles. The van der Waals surface area contributed by atoms with Crippen LogP contribution >= 0.6 is 15.9 Å². The van der Waals surface area contributed by atoms with Crippen LogP contribution in [0.3, 0.4) is 0 Å². The normalized spacial score (nSPS) is 15.8. The van der Waals surface area contributed by atoms with E-state index in [1.807, 2.05) is 31.2 Å². The third-order valence-corrected chi connectivity index (χ3v) is 5.11. The van der Waals surface area contributed by atoms with Gasteiger partial charge in [0.15, 0.2) is 18.2 Å². The summed E-state index contributed by atoms with van der Waals surface area (Å²) in [5.74, 6) is -0.745. The zero-order valence-corrected chi connectivity index (χ0v) is 17.4. The molecule has 5 nitrogen and oxygen atoms in total. The molecule has 0 saturated carbocycles. The molecule has 2 aromatic carbocycles. The fraction of sp³-hybridized carbons (Fsp3) is 0.381. The Morgan fingerprint density at radius 2 is 1.96 bits per heavy atom. The molecular weight excluding hydrogens is 427 g/mol. The highest BCUT2D eigenvalue weighted by atomic mass is 79.9. The Morgan fingerprint density at radius 3 is 2.64 bits per heavy atom. The highest BCUT2D eigenvalue weighted by molar-refractivity contribution is 9.10. The number of hydrogen-bond donors (Lipinski definition) is 1. The van der Waals surface area contributed by atoms with Crippen molar-refractivity contribution in [1.82, 2.24) is 10.2 Å². The predicted octanol–water partition coefficient (Wildman–Crippen LogP) is 3.47. The van der Waals surface area contributed by atoms with E-state index in [0.29, 0.717) is 24.2 Å². The van der Waals surface area contributed by atoms with E-state index < -0.39 is 5.82 Å². The Kier molecular flexibility index (Phi) is 7.42. The van der Waals surface area contributed by atoms with E-state index >= 15 is 0 Å². The number of nitrogens with one attached hydrogen (secondary N) is 1. The van der Waals surface area contributed by atoms with Crippen molar-refractivity contribution in [3.63, 3.8) is 0 Å². The van der Waals surface area contributed by atoms with Gasteiger partial charge in [0.2, 0.25) is 0 Å². The first-order valence-electron chi connectivity index (χ1n) is 9.25. The molecule has 0 bridgehead atoms. The first-order valence-corrected chi connectivity index (χ1v) is 10.0. The summed E-state index contributed by atoms with van der Waals surface area (Å²) in [6.07, 6.45) is 0. The van der Waals surface area contributed by atoms with Gasteiger partial charge in [0.25, 0.3) is 5.91 Å². The maximum absolute atomic E-state index is 13.9. The number of benzene rings is 2. The maximum Gasteiger partial charge on any atom is 0.258 e. The number of carbonyl (C=O) groups excluding carboxylic acids is 1. The Hall–Kier alpha value is -1.96. The van der Waals surface area contributed by atoms with Crippen LogP contribution < -0.4 is 10.1 Å². The molecule has 2 aromatic rings. The second kappa shape index (κ2) is 10.0. The van der Waals surface area contributed by atoms with Gasteiger partial charge in [-0.1, -0.05) is 45.8 Å². The lowest BCUT2D eigenvalue weighted by Gasteiger charge is -2.31. The summed E-state index contributed by atoms with van der Waals surface area (Å²) in [6, 6.07) is 12.4. The van der Waals surface area contributed by atoms with E-state index in [-0.39, 0.29) is 24.3 Å². The molecule has 0 aliphatic carbocycles. The average Bonchev–Trinajstić information content (AvgIpc) is 2.68. The zero-order valence-electron chi connectivity index (χ0n) is 15.8. The van der Waals surface area contributed by atoms with Crippen LogP contribution in [0.15, 0.2) is 46.9 Å². The number of morpholine rings is 1. The highest BCUT2D eigenvalue weighted by Gasteiger charge is 2.20. The lowest BCUT2D eigenvalue weighted by atomic mass is 10.0. The number of carbonyl (C=O) groups is 1. The van der Waals surface area contributed by atoms with Crippen molar-refractivity contribution in [2.24, 2.45) is 0 Å². The fourth-order valence-electron chi connectivity index (χ4n) is 3.05. The maximum atomic E-state index is 13.9. The molecule has 150 valence electrons. The molecule has 0 radical (unpaired) electrons. The van der Waals surface area contributed by atoms with Gasteiger partial charge >= 0.3 is 0 Å². The minimum absolute atomic E-state index is 0.0541. The number of halogens is 2. The van der Waals surface area contributed by atoms with Crippen LogP contribution in [0.1, 0.15) is 17.2 Å². The molecule has 1 heterocycles. The molecule has 7 heteroatoms. The van der Waals surface area contributed by atoms with Crippen LogP contribution in [0.25, 0.3) is 0 Å². The molecule has 3 rings (SSSR count). The standard InChI is InChI=1S/C21H24BrFN2O3/c1-15-2-4-16(5-3-15)19(13-25-8-10-27-11-9-25)24-21(26)14-28-20-7-6-17(22)12-18(20)23/h2-7,12,19H,8-11,13-14H2,1H3,(H,24,26)/t19-/m0/s1. The molecule has 1 N–H and O–H groups in total. The van der Waals surface area contributed by atoms with Gasteiger partial charge in [0, 0.05) is 24.1 Å². The summed E-state index contributed by atoms with van der Waals surface area (Å²) in [6.45, 7) is 5.52. The average molecular weight is 451 g/mol. The molecule has 0 unspecified atom stereocenters. The smallest absolute Gasteiger partial charge is 0.258 e. The lowest BCUT2D eigenvalue weighted by Crippen LogP contribution is -2.44. The van der Waals surface area contributed by atoms with Crippen LogP contribution in [0, 0.1) is 12.7 Å². The van der Waals surface area contributed by atoms with E-state index in [1.54, 1.807) is 6.07 Å². The van der Waals surface area contributed by atoms with Gasteiger partial charge in [-0.15, -0.1) is 0 Å². The van der Waals surface area contributed by atoms with Crippen LogP contribution in [-0.2, 0) is 9.53 Å². The van der Waals surface area contributed by atoms with E-state index in [9.17, 15) is 9.18 Å². The first-order chi connectivity index (χ1) is 13.5. The van der Waals surface area contributed by atoms with E-state index in [1.165, 1.54) is 12.1 Å². The molecule has 1 atom stereocenters.